The Morgan fingerprint density at radius 2 is 2.19 bits per heavy atom. The molecule has 1 N–H and O–H groups in total. The standard InChI is InChI=1S/C15H17N3O2S/c1-3-16-13-10-6-4-5-7-11(10)17-15(18-13)21-12-8-9(2)20-14(12)19/h4-7,9,12H,3,8H2,1-2H3,(H,16,17,18)/t9-,12-/m1/s1. The van der Waals surface area contributed by atoms with E-state index in [1.54, 1.807) is 0 Å². The third kappa shape index (κ3) is 2.95. The van der Waals surface area contributed by atoms with Gasteiger partial charge in [0.2, 0.25) is 0 Å². The Bertz CT molecular complexity index is 677. The van der Waals surface area contributed by atoms with E-state index in [4.69, 9.17) is 4.74 Å². The molecule has 0 spiro atoms. The Labute approximate surface area is 127 Å². The van der Waals surface area contributed by atoms with Crippen LogP contribution in [0.1, 0.15) is 20.3 Å². The molecule has 6 heteroatoms. The average molecular weight is 303 g/mol. The van der Waals surface area contributed by atoms with Crippen LogP contribution >= 0.6 is 11.8 Å². The number of hydrogen-bond donors (Lipinski definition) is 1. The molecule has 0 radical (unpaired) electrons. The van der Waals surface area contributed by atoms with Crippen molar-refractivity contribution in [2.24, 2.45) is 0 Å². The molecule has 0 saturated carbocycles. The second-order valence-corrected chi connectivity index (χ2v) is 6.16. The number of fused-ring (bicyclic) bond motifs is 1. The lowest BCUT2D eigenvalue weighted by Crippen LogP contribution is -2.11. The molecule has 1 aromatic carbocycles. The van der Waals surface area contributed by atoms with Crippen molar-refractivity contribution in [3.8, 4) is 0 Å². The number of ether oxygens (including phenoxy) is 1. The smallest absolute Gasteiger partial charge is 0.319 e. The highest BCUT2D eigenvalue weighted by molar-refractivity contribution is 8.00. The third-order valence-electron chi connectivity index (χ3n) is 3.30. The quantitative estimate of drug-likeness (QED) is 0.692. The fourth-order valence-electron chi connectivity index (χ4n) is 2.35. The largest absolute Gasteiger partial charge is 0.462 e. The van der Waals surface area contributed by atoms with Gasteiger partial charge in [0.25, 0.3) is 0 Å². The summed E-state index contributed by atoms with van der Waals surface area (Å²) in [5.74, 6) is 0.638. The summed E-state index contributed by atoms with van der Waals surface area (Å²) in [4.78, 5) is 20.8. The average Bonchev–Trinajstić information content (AvgIpc) is 2.77. The van der Waals surface area contributed by atoms with E-state index in [0.29, 0.717) is 11.6 Å². The first-order chi connectivity index (χ1) is 10.2. The lowest BCUT2D eigenvalue weighted by molar-refractivity contribution is -0.140. The van der Waals surface area contributed by atoms with E-state index >= 15 is 0 Å². The van der Waals surface area contributed by atoms with Gasteiger partial charge in [-0.25, -0.2) is 9.97 Å². The molecule has 3 rings (SSSR count). The number of cyclic esters (lactones) is 1. The Hall–Kier alpha value is -1.82. The van der Waals surface area contributed by atoms with Crippen molar-refractivity contribution in [1.29, 1.82) is 0 Å². The predicted octanol–water partition coefficient (Wildman–Crippen LogP) is 2.86. The van der Waals surface area contributed by atoms with Crippen LogP contribution in [0.25, 0.3) is 10.9 Å². The van der Waals surface area contributed by atoms with Gasteiger partial charge < -0.3 is 10.1 Å². The summed E-state index contributed by atoms with van der Waals surface area (Å²) in [5.41, 5.74) is 0.880. The molecule has 2 aromatic rings. The zero-order chi connectivity index (χ0) is 14.8. The number of carbonyl (C=O) groups excluding carboxylic acids is 1. The summed E-state index contributed by atoms with van der Waals surface area (Å²) < 4.78 is 5.18. The molecule has 1 saturated heterocycles. The molecular formula is C15H17N3O2S. The van der Waals surface area contributed by atoms with Crippen LogP contribution in [0.5, 0.6) is 0 Å². The lowest BCUT2D eigenvalue weighted by Gasteiger charge is -2.10. The van der Waals surface area contributed by atoms with Crippen LogP contribution in [0, 0.1) is 0 Å². The highest BCUT2D eigenvalue weighted by Gasteiger charge is 2.33. The third-order valence-corrected chi connectivity index (χ3v) is 4.36. The molecule has 1 aromatic heterocycles. The summed E-state index contributed by atoms with van der Waals surface area (Å²) >= 11 is 1.38. The number of nitrogens with zero attached hydrogens (tertiary/aromatic N) is 2. The molecule has 21 heavy (non-hydrogen) atoms. The zero-order valence-electron chi connectivity index (χ0n) is 12.0. The summed E-state index contributed by atoms with van der Waals surface area (Å²) in [6.07, 6.45) is 0.680. The first-order valence-corrected chi connectivity index (χ1v) is 7.93. The van der Waals surface area contributed by atoms with E-state index < -0.39 is 0 Å². The second-order valence-electron chi connectivity index (χ2n) is 4.99. The fourth-order valence-corrected chi connectivity index (χ4v) is 3.42. The monoisotopic (exact) mass is 303 g/mol. The molecule has 2 atom stereocenters. The normalized spacial score (nSPS) is 21.5. The van der Waals surface area contributed by atoms with E-state index in [9.17, 15) is 4.79 Å². The number of aromatic nitrogens is 2. The van der Waals surface area contributed by atoms with Gasteiger partial charge in [0.1, 0.15) is 17.2 Å². The maximum atomic E-state index is 11.7. The van der Waals surface area contributed by atoms with Crippen molar-refractivity contribution in [2.75, 3.05) is 11.9 Å². The number of para-hydroxylation sites is 1. The van der Waals surface area contributed by atoms with Crippen LogP contribution in [0.2, 0.25) is 0 Å². The number of nitrogens with one attached hydrogen (secondary N) is 1. The Morgan fingerprint density at radius 3 is 2.90 bits per heavy atom. The molecule has 0 bridgehead atoms. The number of esters is 1. The van der Waals surface area contributed by atoms with E-state index in [1.807, 2.05) is 38.1 Å². The Kier molecular flexibility index (Phi) is 3.96. The van der Waals surface area contributed by atoms with Crippen molar-refractivity contribution in [3.05, 3.63) is 24.3 Å². The van der Waals surface area contributed by atoms with Crippen LogP contribution in [0.4, 0.5) is 5.82 Å². The zero-order valence-corrected chi connectivity index (χ0v) is 12.8. The van der Waals surface area contributed by atoms with Crippen molar-refractivity contribution in [1.82, 2.24) is 9.97 Å². The minimum atomic E-state index is -0.212. The van der Waals surface area contributed by atoms with E-state index in [-0.39, 0.29) is 17.3 Å². The molecule has 0 unspecified atom stereocenters. The van der Waals surface area contributed by atoms with Gasteiger partial charge in [0.05, 0.1) is 5.52 Å². The van der Waals surface area contributed by atoms with Crippen LogP contribution in [-0.4, -0.2) is 33.8 Å². The first-order valence-electron chi connectivity index (χ1n) is 7.05. The van der Waals surface area contributed by atoms with Gasteiger partial charge in [-0.15, -0.1) is 0 Å². The number of thioether (sulfide) groups is 1. The predicted molar refractivity (Wildman–Crippen MR) is 83.5 cm³/mol. The topological polar surface area (TPSA) is 64.1 Å². The maximum absolute atomic E-state index is 11.7. The molecule has 110 valence electrons. The highest BCUT2D eigenvalue weighted by atomic mass is 32.2. The van der Waals surface area contributed by atoms with Gasteiger partial charge in [0, 0.05) is 18.4 Å². The van der Waals surface area contributed by atoms with Gasteiger partial charge in [-0.2, -0.15) is 0 Å². The van der Waals surface area contributed by atoms with Crippen LogP contribution in [0.3, 0.4) is 0 Å². The van der Waals surface area contributed by atoms with Crippen LogP contribution in [-0.2, 0) is 9.53 Å². The van der Waals surface area contributed by atoms with Gasteiger partial charge in [0.15, 0.2) is 5.16 Å². The first kappa shape index (κ1) is 14.1. The molecule has 1 fully saturated rings. The molecular weight excluding hydrogens is 286 g/mol. The number of hydrogen-bond acceptors (Lipinski definition) is 6. The van der Waals surface area contributed by atoms with Crippen molar-refractivity contribution in [2.45, 2.75) is 36.8 Å². The minimum absolute atomic E-state index is 0.0244. The summed E-state index contributed by atoms with van der Waals surface area (Å²) in [6, 6.07) is 7.87. The second kappa shape index (κ2) is 5.89. The molecule has 1 aliphatic rings. The van der Waals surface area contributed by atoms with Crippen molar-refractivity contribution < 1.29 is 9.53 Å². The summed E-state index contributed by atoms with van der Waals surface area (Å²) in [5, 5.41) is 4.65. The minimum Gasteiger partial charge on any atom is -0.462 e. The van der Waals surface area contributed by atoms with Crippen molar-refractivity contribution >= 4 is 34.5 Å². The molecule has 0 aliphatic carbocycles. The van der Waals surface area contributed by atoms with E-state index in [0.717, 1.165) is 23.3 Å². The summed E-state index contributed by atoms with van der Waals surface area (Å²) in [6.45, 7) is 4.72. The molecule has 0 amide bonds. The number of carbonyl (C=O) groups is 1. The number of rotatable bonds is 4. The Morgan fingerprint density at radius 1 is 1.38 bits per heavy atom. The number of benzene rings is 1. The lowest BCUT2D eigenvalue weighted by atomic mass is 10.2. The summed E-state index contributed by atoms with van der Waals surface area (Å²) in [7, 11) is 0. The maximum Gasteiger partial charge on any atom is 0.319 e. The van der Waals surface area contributed by atoms with Crippen LogP contribution in [0.15, 0.2) is 29.4 Å². The van der Waals surface area contributed by atoms with Crippen LogP contribution < -0.4 is 5.32 Å². The Balaban J connectivity index is 1.93. The number of anilines is 1. The van der Waals surface area contributed by atoms with E-state index in [1.165, 1.54) is 11.8 Å². The molecule has 1 aliphatic heterocycles. The van der Waals surface area contributed by atoms with Gasteiger partial charge >= 0.3 is 5.97 Å². The van der Waals surface area contributed by atoms with Gasteiger partial charge in [-0.3, -0.25) is 4.79 Å². The fraction of sp³-hybridized carbons (Fsp3) is 0.400. The molecule has 2 heterocycles. The molecule has 5 nitrogen and oxygen atoms in total. The van der Waals surface area contributed by atoms with Crippen molar-refractivity contribution in [3.63, 3.8) is 0 Å². The highest BCUT2D eigenvalue weighted by Crippen LogP contribution is 2.32. The van der Waals surface area contributed by atoms with Gasteiger partial charge in [-0.1, -0.05) is 23.9 Å². The van der Waals surface area contributed by atoms with Gasteiger partial charge in [-0.05, 0) is 26.0 Å². The SMILES string of the molecule is CCNc1nc(S[C@@H]2C[C@@H](C)OC2=O)nc2ccccc12. The van der Waals surface area contributed by atoms with E-state index in [2.05, 4.69) is 15.3 Å².